The lowest BCUT2D eigenvalue weighted by atomic mass is 10.1. The van der Waals surface area contributed by atoms with Crippen molar-refractivity contribution >= 4 is 13.6 Å². The number of carbonyl (C=O) groups excluding carboxylic acids is 1. The maximum Gasteiger partial charge on any atom is 0.325 e. The van der Waals surface area contributed by atoms with E-state index in [1.807, 2.05) is 0 Å². The summed E-state index contributed by atoms with van der Waals surface area (Å²) in [6, 6.07) is 0. The Bertz CT molecular complexity index is 209. The fourth-order valence-corrected chi connectivity index (χ4v) is 1.96. The highest BCUT2D eigenvalue weighted by molar-refractivity contribution is 7.51. The number of hydrogen-bond donors (Lipinski definition) is 2. The highest BCUT2D eigenvalue weighted by atomic mass is 31.2. The van der Waals surface area contributed by atoms with E-state index in [0.717, 1.165) is 0 Å². The topological polar surface area (TPSA) is 83.8 Å². The molecule has 13 heavy (non-hydrogen) atoms. The lowest BCUT2D eigenvalue weighted by Crippen LogP contribution is -2.07. The van der Waals surface area contributed by atoms with E-state index in [1.165, 1.54) is 7.11 Å². The molecule has 1 atom stereocenters. The molecule has 0 saturated heterocycles. The van der Waals surface area contributed by atoms with Crippen molar-refractivity contribution in [1.82, 2.24) is 0 Å². The van der Waals surface area contributed by atoms with Crippen LogP contribution in [0.3, 0.4) is 0 Å². The number of methoxy groups -OCH3 is 1. The van der Waals surface area contributed by atoms with E-state index in [0.29, 0.717) is 6.42 Å². The molecule has 78 valence electrons. The Morgan fingerprint density at radius 2 is 2.08 bits per heavy atom. The highest BCUT2D eigenvalue weighted by Gasteiger charge is 2.18. The van der Waals surface area contributed by atoms with Gasteiger partial charge in [-0.05, 0) is 12.3 Å². The van der Waals surface area contributed by atoms with Crippen molar-refractivity contribution in [2.45, 2.75) is 19.8 Å². The molecular weight excluding hydrogens is 195 g/mol. The van der Waals surface area contributed by atoms with Crippen LogP contribution in [0.15, 0.2) is 0 Å². The largest absolute Gasteiger partial charge is 0.469 e. The van der Waals surface area contributed by atoms with Crippen LogP contribution in [0.2, 0.25) is 0 Å². The Balaban J connectivity index is 3.70. The van der Waals surface area contributed by atoms with Crippen LogP contribution in [0.4, 0.5) is 0 Å². The number of carbonyl (C=O) groups is 1. The summed E-state index contributed by atoms with van der Waals surface area (Å²) in [6.45, 7) is 1.70. The third-order valence-corrected chi connectivity index (χ3v) is 2.72. The summed E-state index contributed by atoms with van der Waals surface area (Å²) in [4.78, 5) is 27.9. The van der Waals surface area contributed by atoms with Gasteiger partial charge in [-0.3, -0.25) is 9.36 Å². The van der Waals surface area contributed by atoms with Gasteiger partial charge in [0.25, 0.3) is 0 Å². The average Bonchev–Trinajstić information content (AvgIpc) is 1.97. The minimum Gasteiger partial charge on any atom is -0.469 e. The van der Waals surface area contributed by atoms with Gasteiger partial charge < -0.3 is 14.5 Å². The Hall–Kier alpha value is -0.380. The first-order valence-electron chi connectivity index (χ1n) is 3.96. The van der Waals surface area contributed by atoms with Crippen LogP contribution < -0.4 is 0 Å². The van der Waals surface area contributed by atoms with E-state index in [9.17, 15) is 9.36 Å². The van der Waals surface area contributed by atoms with Crippen LogP contribution in [-0.4, -0.2) is 29.0 Å². The quantitative estimate of drug-likeness (QED) is 0.516. The first kappa shape index (κ1) is 12.6. The van der Waals surface area contributed by atoms with Crippen molar-refractivity contribution in [3.05, 3.63) is 0 Å². The summed E-state index contributed by atoms with van der Waals surface area (Å²) in [5, 5.41) is 0. The molecule has 0 aromatic heterocycles. The van der Waals surface area contributed by atoms with Crippen LogP contribution in [-0.2, 0) is 14.1 Å². The average molecular weight is 210 g/mol. The maximum atomic E-state index is 10.7. The third kappa shape index (κ3) is 7.96. The molecule has 0 spiro atoms. The second-order valence-electron chi connectivity index (χ2n) is 3.07. The summed E-state index contributed by atoms with van der Waals surface area (Å²) in [6.07, 6.45) is 0.472. The number of ether oxygens (including phenoxy) is 1. The molecule has 0 bridgehead atoms. The van der Waals surface area contributed by atoms with Crippen LogP contribution >= 0.6 is 7.60 Å². The smallest absolute Gasteiger partial charge is 0.325 e. The van der Waals surface area contributed by atoms with Gasteiger partial charge in [-0.1, -0.05) is 6.92 Å². The Morgan fingerprint density at radius 1 is 1.54 bits per heavy atom. The van der Waals surface area contributed by atoms with Crippen LogP contribution in [0.1, 0.15) is 19.8 Å². The molecule has 0 amide bonds. The zero-order valence-electron chi connectivity index (χ0n) is 7.77. The van der Waals surface area contributed by atoms with Crippen molar-refractivity contribution in [3.8, 4) is 0 Å². The molecule has 0 aromatic rings. The molecule has 2 N–H and O–H groups in total. The second kappa shape index (κ2) is 5.37. The first-order valence-corrected chi connectivity index (χ1v) is 5.76. The van der Waals surface area contributed by atoms with E-state index in [-0.39, 0.29) is 24.5 Å². The van der Waals surface area contributed by atoms with Crippen molar-refractivity contribution in [1.29, 1.82) is 0 Å². The molecule has 5 nitrogen and oxygen atoms in total. The molecule has 0 saturated carbocycles. The first-order chi connectivity index (χ1) is 5.85. The van der Waals surface area contributed by atoms with Crippen LogP contribution in [0.5, 0.6) is 0 Å². The van der Waals surface area contributed by atoms with E-state index >= 15 is 0 Å². The zero-order chi connectivity index (χ0) is 10.5. The van der Waals surface area contributed by atoms with Gasteiger partial charge in [0.15, 0.2) is 0 Å². The molecule has 0 aromatic carbocycles. The summed E-state index contributed by atoms with van der Waals surface area (Å²) in [7, 11) is -2.65. The van der Waals surface area contributed by atoms with Crippen molar-refractivity contribution in [2.24, 2.45) is 5.92 Å². The molecule has 0 radical (unpaired) electrons. The van der Waals surface area contributed by atoms with Gasteiger partial charge in [0.05, 0.1) is 13.3 Å². The van der Waals surface area contributed by atoms with Crippen molar-refractivity contribution in [2.75, 3.05) is 13.3 Å². The van der Waals surface area contributed by atoms with E-state index < -0.39 is 7.60 Å². The van der Waals surface area contributed by atoms with Crippen LogP contribution in [0.25, 0.3) is 0 Å². The summed E-state index contributed by atoms with van der Waals surface area (Å²) < 4.78 is 14.9. The molecule has 0 rings (SSSR count). The van der Waals surface area contributed by atoms with Gasteiger partial charge in [0.2, 0.25) is 0 Å². The molecule has 0 aliphatic rings. The van der Waals surface area contributed by atoms with E-state index in [4.69, 9.17) is 9.79 Å². The van der Waals surface area contributed by atoms with Crippen molar-refractivity contribution in [3.63, 3.8) is 0 Å². The molecule has 0 heterocycles. The number of esters is 1. The van der Waals surface area contributed by atoms with Crippen LogP contribution in [0, 0.1) is 5.92 Å². The molecule has 1 unspecified atom stereocenters. The van der Waals surface area contributed by atoms with Crippen molar-refractivity contribution < 1.29 is 23.9 Å². The minimum absolute atomic E-state index is 0.167. The standard InChI is InChI=1S/C7H15O5P/c1-6(5-13(9,10)11)3-4-7(8)12-2/h6H,3-5H2,1-2H3,(H2,9,10,11). The fourth-order valence-electron chi connectivity index (χ4n) is 0.964. The number of rotatable bonds is 5. The van der Waals surface area contributed by atoms with Gasteiger partial charge in [-0.2, -0.15) is 0 Å². The molecule has 6 heteroatoms. The monoisotopic (exact) mass is 210 g/mol. The van der Waals surface area contributed by atoms with E-state index in [2.05, 4.69) is 4.74 Å². The summed E-state index contributed by atoms with van der Waals surface area (Å²) in [5.74, 6) is -0.516. The van der Waals surface area contributed by atoms with Gasteiger partial charge in [-0.15, -0.1) is 0 Å². The van der Waals surface area contributed by atoms with Gasteiger partial charge >= 0.3 is 13.6 Å². The Kier molecular flexibility index (Phi) is 5.21. The molecule has 0 aliphatic carbocycles. The SMILES string of the molecule is COC(=O)CCC(C)CP(=O)(O)O. The predicted molar refractivity (Wildman–Crippen MR) is 47.3 cm³/mol. The zero-order valence-corrected chi connectivity index (χ0v) is 8.66. The van der Waals surface area contributed by atoms with Gasteiger partial charge in [0.1, 0.15) is 0 Å². The Labute approximate surface area is 77.3 Å². The highest BCUT2D eigenvalue weighted by Crippen LogP contribution is 2.37. The molecule has 0 fully saturated rings. The maximum absolute atomic E-state index is 10.7. The van der Waals surface area contributed by atoms with Gasteiger partial charge in [0, 0.05) is 6.42 Å². The van der Waals surface area contributed by atoms with Gasteiger partial charge in [-0.25, -0.2) is 0 Å². The molecular formula is C7H15O5P. The minimum atomic E-state index is -3.94. The Morgan fingerprint density at radius 3 is 2.46 bits per heavy atom. The second-order valence-corrected chi connectivity index (χ2v) is 4.76. The predicted octanol–water partition coefficient (Wildman–Crippen LogP) is 0.753. The fraction of sp³-hybridized carbons (Fsp3) is 0.857. The lowest BCUT2D eigenvalue weighted by Gasteiger charge is -2.10. The summed E-state index contributed by atoms with van der Waals surface area (Å²) in [5.41, 5.74) is 0. The van der Waals surface area contributed by atoms with E-state index in [1.54, 1.807) is 6.92 Å². The third-order valence-electron chi connectivity index (χ3n) is 1.62. The number of hydrogen-bond acceptors (Lipinski definition) is 3. The summed E-state index contributed by atoms with van der Waals surface area (Å²) >= 11 is 0. The lowest BCUT2D eigenvalue weighted by molar-refractivity contribution is -0.140. The normalized spacial score (nSPS) is 13.8. The molecule has 0 aliphatic heterocycles.